The van der Waals surface area contributed by atoms with Crippen LogP contribution in [-0.4, -0.2) is 19.6 Å². The van der Waals surface area contributed by atoms with Gasteiger partial charge in [-0.2, -0.15) is 20.7 Å². The van der Waals surface area contributed by atoms with E-state index in [0.717, 1.165) is 11.1 Å². The standard InChI is InChI=1S/C18H10Cl2N6/c19-15-9-23-25(11-15)17(7-21)5-13-1-2-14(4-3-13)6-18(8-22)26-12-16(20)10-24-26/h1-6,9-12H/b17-5+,18-6+. The van der Waals surface area contributed by atoms with Crippen LogP contribution in [0.15, 0.2) is 49.1 Å². The zero-order valence-corrected chi connectivity index (χ0v) is 14.7. The molecule has 0 unspecified atom stereocenters. The van der Waals surface area contributed by atoms with Crippen molar-refractivity contribution in [3.05, 3.63) is 70.2 Å². The van der Waals surface area contributed by atoms with Crippen molar-refractivity contribution in [3.63, 3.8) is 0 Å². The van der Waals surface area contributed by atoms with Crippen LogP contribution in [0.4, 0.5) is 0 Å². The van der Waals surface area contributed by atoms with E-state index in [1.54, 1.807) is 24.5 Å². The Bertz CT molecular complexity index is 987. The SMILES string of the molecule is N#C/C(=C\c1ccc(/C=C(\C#N)n2cc(Cl)cn2)cc1)n1cc(Cl)cn1. The van der Waals surface area contributed by atoms with Gasteiger partial charge in [-0.15, -0.1) is 0 Å². The highest BCUT2D eigenvalue weighted by Gasteiger charge is 2.04. The molecule has 2 heterocycles. The molecule has 3 aromatic rings. The van der Waals surface area contributed by atoms with Crippen LogP contribution in [0.5, 0.6) is 0 Å². The second kappa shape index (κ2) is 7.71. The molecule has 0 N–H and O–H groups in total. The number of hydrogen-bond donors (Lipinski definition) is 0. The van der Waals surface area contributed by atoms with Gasteiger partial charge in [0.05, 0.1) is 34.8 Å². The van der Waals surface area contributed by atoms with Crippen LogP contribution in [-0.2, 0) is 0 Å². The Morgan fingerprint density at radius 1 is 0.808 bits per heavy atom. The lowest BCUT2D eigenvalue weighted by atomic mass is 10.1. The summed E-state index contributed by atoms with van der Waals surface area (Å²) in [5, 5.41) is 27.5. The van der Waals surface area contributed by atoms with Crippen LogP contribution in [0.3, 0.4) is 0 Å². The lowest BCUT2D eigenvalue weighted by Crippen LogP contribution is -1.95. The molecule has 0 amide bonds. The third-order valence-electron chi connectivity index (χ3n) is 3.37. The van der Waals surface area contributed by atoms with E-state index in [0.29, 0.717) is 21.4 Å². The number of allylic oxidation sites excluding steroid dienone is 2. The van der Waals surface area contributed by atoms with Crippen LogP contribution < -0.4 is 0 Å². The topological polar surface area (TPSA) is 83.2 Å². The van der Waals surface area contributed by atoms with Crippen LogP contribution >= 0.6 is 23.2 Å². The van der Waals surface area contributed by atoms with Gasteiger partial charge in [-0.25, -0.2) is 9.36 Å². The number of nitrogens with zero attached hydrogens (tertiary/aromatic N) is 6. The first-order valence-corrected chi connectivity index (χ1v) is 8.09. The zero-order chi connectivity index (χ0) is 18.5. The summed E-state index contributed by atoms with van der Waals surface area (Å²) < 4.78 is 2.82. The third-order valence-corrected chi connectivity index (χ3v) is 3.76. The molecule has 0 aliphatic rings. The second-order valence-electron chi connectivity index (χ2n) is 5.16. The molecule has 0 aliphatic heterocycles. The third kappa shape index (κ3) is 4.01. The molecule has 0 atom stereocenters. The molecule has 0 saturated heterocycles. The Kier molecular flexibility index (Phi) is 5.19. The van der Waals surface area contributed by atoms with E-state index in [1.165, 1.54) is 21.8 Å². The molecule has 8 heteroatoms. The molecule has 0 radical (unpaired) electrons. The lowest BCUT2D eigenvalue weighted by molar-refractivity contribution is 0.916. The highest BCUT2D eigenvalue weighted by Crippen LogP contribution is 2.17. The Balaban J connectivity index is 1.86. The van der Waals surface area contributed by atoms with Crippen molar-refractivity contribution in [1.29, 1.82) is 10.5 Å². The van der Waals surface area contributed by atoms with Crippen molar-refractivity contribution in [2.45, 2.75) is 0 Å². The maximum atomic E-state index is 9.30. The van der Waals surface area contributed by atoms with E-state index in [9.17, 15) is 10.5 Å². The van der Waals surface area contributed by atoms with Crippen molar-refractivity contribution >= 4 is 46.7 Å². The van der Waals surface area contributed by atoms with Crippen LogP contribution in [0.25, 0.3) is 23.5 Å². The first kappa shape index (κ1) is 17.5. The highest BCUT2D eigenvalue weighted by molar-refractivity contribution is 6.30. The summed E-state index contributed by atoms with van der Waals surface area (Å²) in [6.45, 7) is 0. The molecule has 0 spiro atoms. The van der Waals surface area contributed by atoms with Crippen molar-refractivity contribution in [1.82, 2.24) is 19.6 Å². The van der Waals surface area contributed by atoms with Gasteiger partial charge in [0.2, 0.25) is 0 Å². The normalized spacial score (nSPS) is 11.8. The molecule has 3 rings (SSSR count). The molecular weight excluding hydrogens is 371 g/mol. The smallest absolute Gasteiger partial charge is 0.142 e. The summed E-state index contributed by atoms with van der Waals surface area (Å²) >= 11 is 11.7. The van der Waals surface area contributed by atoms with E-state index >= 15 is 0 Å². The minimum atomic E-state index is 0.337. The number of rotatable bonds is 4. The number of hydrogen-bond acceptors (Lipinski definition) is 4. The first-order valence-electron chi connectivity index (χ1n) is 7.34. The van der Waals surface area contributed by atoms with Gasteiger partial charge in [0.1, 0.15) is 23.5 Å². The van der Waals surface area contributed by atoms with Gasteiger partial charge in [0.15, 0.2) is 0 Å². The van der Waals surface area contributed by atoms with E-state index in [1.807, 2.05) is 24.3 Å². The van der Waals surface area contributed by atoms with E-state index < -0.39 is 0 Å². The average Bonchev–Trinajstić information content (AvgIpc) is 3.27. The van der Waals surface area contributed by atoms with Crippen molar-refractivity contribution in [3.8, 4) is 12.1 Å². The molecule has 0 saturated carbocycles. The van der Waals surface area contributed by atoms with Crippen LogP contribution in [0.2, 0.25) is 10.0 Å². The number of benzene rings is 1. The fraction of sp³-hybridized carbons (Fsp3) is 0. The maximum absolute atomic E-state index is 9.30. The van der Waals surface area contributed by atoms with E-state index in [4.69, 9.17) is 23.2 Å². The summed E-state index contributed by atoms with van der Waals surface area (Å²) in [5.41, 5.74) is 2.30. The van der Waals surface area contributed by atoms with E-state index in [2.05, 4.69) is 22.3 Å². The quantitative estimate of drug-likeness (QED) is 0.626. The molecule has 6 nitrogen and oxygen atoms in total. The van der Waals surface area contributed by atoms with Crippen molar-refractivity contribution < 1.29 is 0 Å². The molecule has 26 heavy (non-hydrogen) atoms. The summed E-state index contributed by atoms with van der Waals surface area (Å²) in [6.07, 6.45) is 9.42. The van der Waals surface area contributed by atoms with Gasteiger partial charge in [0, 0.05) is 0 Å². The van der Waals surface area contributed by atoms with Gasteiger partial charge in [-0.05, 0) is 23.3 Å². The average molecular weight is 381 g/mol. The lowest BCUT2D eigenvalue weighted by Gasteiger charge is -2.01. The molecule has 0 bridgehead atoms. The predicted octanol–water partition coefficient (Wildman–Crippen LogP) is 4.43. The number of halogens is 2. The highest BCUT2D eigenvalue weighted by atomic mass is 35.5. The molecule has 0 aliphatic carbocycles. The predicted molar refractivity (Wildman–Crippen MR) is 100 cm³/mol. The number of aromatic nitrogens is 4. The molecular formula is C18H10Cl2N6. The number of nitriles is 2. The van der Waals surface area contributed by atoms with Crippen LogP contribution in [0.1, 0.15) is 11.1 Å². The Hall–Kier alpha value is -3.32. The fourth-order valence-electron chi connectivity index (χ4n) is 2.17. The Morgan fingerprint density at radius 3 is 1.46 bits per heavy atom. The van der Waals surface area contributed by atoms with Gasteiger partial charge < -0.3 is 0 Å². The van der Waals surface area contributed by atoms with Crippen molar-refractivity contribution in [2.24, 2.45) is 0 Å². The Morgan fingerprint density at radius 2 is 1.19 bits per heavy atom. The zero-order valence-electron chi connectivity index (χ0n) is 13.2. The fourth-order valence-corrected chi connectivity index (χ4v) is 2.44. The van der Waals surface area contributed by atoms with Gasteiger partial charge in [-0.3, -0.25) is 0 Å². The summed E-state index contributed by atoms with van der Waals surface area (Å²) in [5.74, 6) is 0. The maximum Gasteiger partial charge on any atom is 0.142 e. The second-order valence-corrected chi connectivity index (χ2v) is 6.03. The minimum absolute atomic E-state index is 0.337. The molecule has 126 valence electrons. The molecule has 2 aromatic heterocycles. The first-order chi connectivity index (χ1) is 12.6. The summed E-state index contributed by atoms with van der Waals surface area (Å²) in [4.78, 5) is 0. The molecule has 1 aromatic carbocycles. The molecule has 0 fully saturated rings. The summed E-state index contributed by atoms with van der Waals surface area (Å²) in [7, 11) is 0. The van der Waals surface area contributed by atoms with Crippen LogP contribution in [0, 0.1) is 22.7 Å². The van der Waals surface area contributed by atoms with Gasteiger partial charge in [0.25, 0.3) is 0 Å². The van der Waals surface area contributed by atoms with Crippen molar-refractivity contribution in [2.75, 3.05) is 0 Å². The van der Waals surface area contributed by atoms with Gasteiger partial charge >= 0.3 is 0 Å². The summed E-state index contributed by atoms with van der Waals surface area (Å²) in [6, 6.07) is 11.5. The van der Waals surface area contributed by atoms with E-state index in [-0.39, 0.29) is 0 Å². The van der Waals surface area contributed by atoms with Gasteiger partial charge in [-0.1, -0.05) is 47.5 Å². The largest absolute Gasteiger partial charge is 0.229 e. The monoisotopic (exact) mass is 380 g/mol. The minimum Gasteiger partial charge on any atom is -0.229 e. The Labute approximate surface area is 159 Å².